The number of aliphatic carboxylic acids is 1. The minimum atomic E-state index is -1.31. The van der Waals surface area contributed by atoms with Gasteiger partial charge in [0.2, 0.25) is 0 Å². The van der Waals surface area contributed by atoms with E-state index in [0.29, 0.717) is 12.8 Å². The standard InChI is InChI=1S/C11H17NO5/c13-7-11(4-1-2-5-11)9(16)10(17)12-6-3-8(14)15/h3,6,9,13,16H,1-2,4-5,7H2,(H,12,17)(H,14,15)/b6-3-. The number of aliphatic hydroxyl groups is 2. The van der Waals surface area contributed by atoms with E-state index >= 15 is 0 Å². The predicted octanol–water partition coefficient (Wildman–Crippen LogP) is -0.386. The number of carbonyl (C=O) groups is 2. The van der Waals surface area contributed by atoms with E-state index in [1.807, 2.05) is 0 Å². The van der Waals surface area contributed by atoms with E-state index in [9.17, 15) is 19.8 Å². The molecule has 96 valence electrons. The largest absolute Gasteiger partial charge is 0.478 e. The van der Waals surface area contributed by atoms with Gasteiger partial charge in [-0.2, -0.15) is 0 Å². The first kappa shape index (κ1) is 13.7. The van der Waals surface area contributed by atoms with Crippen LogP contribution in [0.1, 0.15) is 25.7 Å². The number of amides is 1. The van der Waals surface area contributed by atoms with Crippen LogP contribution in [0.25, 0.3) is 0 Å². The van der Waals surface area contributed by atoms with Gasteiger partial charge >= 0.3 is 5.97 Å². The second-order valence-corrected chi connectivity index (χ2v) is 4.31. The van der Waals surface area contributed by atoms with E-state index in [-0.39, 0.29) is 6.61 Å². The van der Waals surface area contributed by atoms with Gasteiger partial charge in [-0.05, 0) is 12.8 Å². The Morgan fingerprint density at radius 2 is 1.94 bits per heavy atom. The molecule has 1 rings (SSSR count). The molecule has 0 bridgehead atoms. The molecule has 0 aromatic rings. The summed E-state index contributed by atoms with van der Waals surface area (Å²) in [4.78, 5) is 21.7. The summed E-state index contributed by atoms with van der Waals surface area (Å²) in [6.07, 6.45) is 3.36. The summed E-state index contributed by atoms with van der Waals surface area (Å²) in [7, 11) is 0. The number of carbonyl (C=O) groups excluding carboxylic acids is 1. The molecule has 6 nitrogen and oxygen atoms in total. The highest BCUT2D eigenvalue weighted by Gasteiger charge is 2.43. The Labute approximate surface area is 98.9 Å². The maximum absolute atomic E-state index is 11.6. The molecule has 0 saturated heterocycles. The summed E-state index contributed by atoms with van der Waals surface area (Å²) in [6, 6.07) is 0. The van der Waals surface area contributed by atoms with Crippen LogP contribution >= 0.6 is 0 Å². The predicted molar refractivity (Wildman–Crippen MR) is 58.9 cm³/mol. The first-order chi connectivity index (χ1) is 8.02. The fourth-order valence-electron chi connectivity index (χ4n) is 2.15. The van der Waals surface area contributed by atoms with E-state index in [2.05, 4.69) is 5.32 Å². The lowest BCUT2D eigenvalue weighted by molar-refractivity contribution is -0.137. The van der Waals surface area contributed by atoms with Crippen molar-refractivity contribution in [3.05, 3.63) is 12.3 Å². The summed E-state index contributed by atoms with van der Waals surface area (Å²) in [5, 5.41) is 29.7. The van der Waals surface area contributed by atoms with Crippen molar-refractivity contribution in [3.8, 4) is 0 Å². The van der Waals surface area contributed by atoms with Crippen LogP contribution < -0.4 is 5.32 Å². The Hall–Kier alpha value is -1.40. The smallest absolute Gasteiger partial charge is 0.329 e. The van der Waals surface area contributed by atoms with Crippen molar-refractivity contribution in [2.24, 2.45) is 5.41 Å². The number of carboxylic acid groups (broad SMARTS) is 1. The van der Waals surface area contributed by atoms with Crippen LogP contribution in [0.5, 0.6) is 0 Å². The third-order valence-corrected chi connectivity index (χ3v) is 3.19. The zero-order valence-electron chi connectivity index (χ0n) is 9.43. The van der Waals surface area contributed by atoms with Crippen molar-refractivity contribution in [1.29, 1.82) is 0 Å². The Bertz CT molecular complexity index is 320. The normalized spacial score (nSPS) is 20.4. The molecule has 1 amide bonds. The zero-order chi connectivity index (χ0) is 12.9. The van der Waals surface area contributed by atoms with E-state index in [1.165, 1.54) is 0 Å². The summed E-state index contributed by atoms with van der Waals surface area (Å²) in [6.45, 7) is -0.246. The van der Waals surface area contributed by atoms with Gasteiger partial charge in [0, 0.05) is 17.7 Å². The van der Waals surface area contributed by atoms with Gasteiger partial charge in [-0.25, -0.2) is 4.79 Å². The van der Waals surface area contributed by atoms with Gasteiger partial charge in [-0.3, -0.25) is 4.79 Å². The van der Waals surface area contributed by atoms with Crippen molar-refractivity contribution in [2.75, 3.05) is 6.61 Å². The minimum Gasteiger partial charge on any atom is -0.478 e. The first-order valence-corrected chi connectivity index (χ1v) is 5.50. The van der Waals surface area contributed by atoms with Crippen LogP contribution in [0.15, 0.2) is 12.3 Å². The number of hydrogen-bond acceptors (Lipinski definition) is 4. The lowest BCUT2D eigenvalue weighted by Crippen LogP contribution is -2.46. The van der Waals surface area contributed by atoms with Gasteiger partial charge in [0.25, 0.3) is 5.91 Å². The second kappa shape index (κ2) is 5.79. The van der Waals surface area contributed by atoms with Crippen LogP contribution in [0, 0.1) is 5.41 Å². The molecule has 0 heterocycles. The fourth-order valence-corrected chi connectivity index (χ4v) is 2.15. The number of aliphatic hydroxyl groups excluding tert-OH is 2. The van der Waals surface area contributed by atoms with Gasteiger partial charge in [-0.1, -0.05) is 12.8 Å². The van der Waals surface area contributed by atoms with Gasteiger partial charge in [0.1, 0.15) is 6.10 Å². The van der Waals surface area contributed by atoms with E-state index in [0.717, 1.165) is 25.1 Å². The highest BCUT2D eigenvalue weighted by atomic mass is 16.4. The van der Waals surface area contributed by atoms with Crippen molar-refractivity contribution in [1.82, 2.24) is 5.32 Å². The second-order valence-electron chi connectivity index (χ2n) is 4.31. The average Bonchev–Trinajstić information content (AvgIpc) is 2.77. The molecular weight excluding hydrogens is 226 g/mol. The molecule has 0 aliphatic heterocycles. The molecule has 1 aliphatic carbocycles. The Kier molecular flexibility index (Phi) is 4.65. The molecule has 17 heavy (non-hydrogen) atoms. The highest BCUT2D eigenvalue weighted by Crippen LogP contribution is 2.40. The molecule has 1 saturated carbocycles. The molecule has 1 unspecified atom stereocenters. The van der Waals surface area contributed by atoms with Crippen molar-refractivity contribution in [2.45, 2.75) is 31.8 Å². The lowest BCUT2D eigenvalue weighted by atomic mass is 9.80. The summed E-state index contributed by atoms with van der Waals surface area (Å²) < 4.78 is 0. The maximum Gasteiger partial charge on any atom is 0.329 e. The van der Waals surface area contributed by atoms with E-state index in [1.54, 1.807) is 0 Å². The number of rotatable bonds is 5. The van der Waals surface area contributed by atoms with Crippen molar-refractivity contribution in [3.63, 3.8) is 0 Å². The van der Waals surface area contributed by atoms with Crippen LogP contribution in [-0.4, -0.2) is 39.9 Å². The third-order valence-electron chi connectivity index (χ3n) is 3.19. The topological polar surface area (TPSA) is 107 Å². The van der Waals surface area contributed by atoms with Crippen LogP contribution in [0.4, 0.5) is 0 Å². The first-order valence-electron chi connectivity index (χ1n) is 5.50. The van der Waals surface area contributed by atoms with E-state index < -0.39 is 23.4 Å². The number of hydrogen-bond donors (Lipinski definition) is 4. The van der Waals surface area contributed by atoms with Crippen LogP contribution in [0.2, 0.25) is 0 Å². The van der Waals surface area contributed by atoms with Gasteiger partial charge in [0.15, 0.2) is 0 Å². The number of carboxylic acids is 1. The Morgan fingerprint density at radius 3 is 2.41 bits per heavy atom. The highest BCUT2D eigenvalue weighted by molar-refractivity contribution is 5.84. The maximum atomic E-state index is 11.6. The minimum absolute atomic E-state index is 0.246. The Morgan fingerprint density at radius 1 is 1.35 bits per heavy atom. The average molecular weight is 243 g/mol. The third kappa shape index (κ3) is 3.28. The van der Waals surface area contributed by atoms with Crippen LogP contribution in [-0.2, 0) is 9.59 Å². The molecule has 6 heteroatoms. The quantitative estimate of drug-likeness (QED) is 0.492. The summed E-state index contributed by atoms with van der Waals surface area (Å²) in [5.41, 5.74) is -0.777. The molecule has 4 N–H and O–H groups in total. The molecule has 0 radical (unpaired) electrons. The molecule has 0 aromatic heterocycles. The van der Waals surface area contributed by atoms with Crippen molar-refractivity contribution >= 4 is 11.9 Å². The molecule has 0 aromatic carbocycles. The van der Waals surface area contributed by atoms with E-state index in [4.69, 9.17) is 5.11 Å². The van der Waals surface area contributed by atoms with Crippen molar-refractivity contribution < 1.29 is 24.9 Å². The van der Waals surface area contributed by atoms with Gasteiger partial charge in [-0.15, -0.1) is 0 Å². The van der Waals surface area contributed by atoms with Gasteiger partial charge < -0.3 is 20.6 Å². The lowest BCUT2D eigenvalue weighted by Gasteiger charge is -2.30. The zero-order valence-corrected chi connectivity index (χ0v) is 9.43. The fraction of sp³-hybridized carbons (Fsp3) is 0.636. The number of nitrogens with one attached hydrogen (secondary N) is 1. The summed E-state index contributed by atoms with van der Waals surface area (Å²) >= 11 is 0. The molecule has 1 atom stereocenters. The molecular formula is C11H17NO5. The molecule has 1 aliphatic rings. The molecule has 1 fully saturated rings. The summed E-state index contributed by atoms with van der Waals surface area (Å²) in [5.74, 6) is -1.86. The van der Waals surface area contributed by atoms with Gasteiger partial charge in [0.05, 0.1) is 6.61 Å². The van der Waals surface area contributed by atoms with Crippen LogP contribution in [0.3, 0.4) is 0 Å². The monoisotopic (exact) mass is 243 g/mol. The SMILES string of the molecule is O=C(O)/C=C\NC(=O)C(O)C1(CO)CCCC1. The molecule has 0 spiro atoms. The Balaban J connectivity index is 2.59.